The molecule has 1 fully saturated rings. The van der Waals surface area contributed by atoms with E-state index in [9.17, 15) is 4.79 Å². The van der Waals surface area contributed by atoms with E-state index in [1.165, 1.54) is 48.8 Å². The Hall–Kier alpha value is -1.35. The summed E-state index contributed by atoms with van der Waals surface area (Å²) < 4.78 is 0. The molecule has 2 aliphatic rings. The van der Waals surface area contributed by atoms with Crippen LogP contribution in [0.3, 0.4) is 0 Å². The van der Waals surface area contributed by atoms with Crippen LogP contribution in [-0.2, 0) is 17.6 Å². The molecule has 1 atom stereocenters. The average molecular weight is 286 g/mol. The van der Waals surface area contributed by atoms with Crippen LogP contribution < -0.4 is 10.6 Å². The van der Waals surface area contributed by atoms with Gasteiger partial charge in [-0.2, -0.15) is 0 Å². The highest BCUT2D eigenvalue weighted by molar-refractivity contribution is 5.76. The Morgan fingerprint density at radius 2 is 2.10 bits per heavy atom. The van der Waals surface area contributed by atoms with Crippen LogP contribution in [0.5, 0.6) is 0 Å². The highest BCUT2D eigenvalue weighted by Crippen LogP contribution is 2.25. The number of hydrogen-bond acceptors (Lipinski definition) is 2. The molecular weight excluding hydrogens is 260 g/mol. The van der Waals surface area contributed by atoms with Gasteiger partial charge in [-0.1, -0.05) is 18.2 Å². The van der Waals surface area contributed by atoms with Crippen LogP contribution in [0.4, 0.5) is 0 Å². The summed E-state index contributed by atoms with van der Waals surface area (Å²) in [5.41, 5.74) is 4.44. The molecule has 2 aliphatic carbocycles. The summed E-state index contributed by atoms with van der Waals surface area (Å²) >= 11 is 0. The summed E-state index contributed by atoms with van der Waals surface area (Å²) in [6, 6.07) is 7.75. The largest absolute Gasteiger partial charge is 0.353 e. The van der Waals surface area contributed by atoms with Crippen molar-refractivity contribution in [3.63, 3.8) is 0 Å². The van der Waals surface area contributed by atoms with Crippen LogP contribution in [0.25, 0.3) is 0 Å². The first-order chi connectivity index (χ1) is 10.2. The molecule has 0 aliphatic heterocycles. The maximum absolute atomic E-state index is 11.6. The topological polar surface area (TPSA) is 41.1 Å². The number of fused-ring (bicyclic) bond motifs is 1. The van der Waals surface area contributed by atoms with Gasteiger partial charge in [-0.05, 0) is 68.7 Å². The van der Waals surface area contributed by atoms with Crippen molar-refractivity contribution >= 4 is 5.91 Å². The molecule has 0 spiro atoms. The van der Waals surface area contributed by atoms with E-state index in [1.54, 1.807) is 0 Å². The second kappa shape index (κ2) is 6.61. The number of aryl methyl sites for hydroxylation is 2. The van der Waals surface area contributed by atoms with Crippen molar-refractivity contribution < 1.29 is 4.79 Å². The molecule has 0 aromatic heterocycles. The minimum atomic E-state index is 0.212. The van der Waals surface area contributed by atoms with Gasteiger partial charge in [-0.15, -0.1) is 0 Å². The molecule has 3 nitrogen and oxygen atoms in total. The highest BCUT2D eigenvalue weighted by Gasteiger charge is 2.22. The van der Waals surface area contributed by atoms with E-state index in [0.717, 1.165) is 13.0 Å². The van der Waals surface area contributed by atoms with Crippen molar-refractivity contribution in [2.24, 2.45) is 0 Å². The molecule has 1 unspecified atom stereocenters. The number of hydrogen-bond donors (Lipinski definition) is 2. The number of amides is 1. The number of carbonyl (C=O) groups excluding carboxylic acids is 1. The van der Waals surface area contributed by atoms with Gasteiger partial charge >= 0.3 is 0 Å². The van der Waals surface area contributed by atoms with Crippen LogP contribution >= 0.6 is 0 Å². The Kier molecular flexibility index (Phi) is 4.59. The third-order valence-corrected chi connectivity index (χ3v) is 4.60. The van der Waals surface area contributed by atoms with E-state index in [2.05, 4.69) is 35.8 Å². The van der Waals surface area contributed by atoms with E-state index in [-0.39, 0.29) is 5.91 Å². The number of rotatable bonds is 7. The van der Waals surface area contributed by atoms with Crippen molar-refractivity contribution in [2.45, 2.75) is 64.0 Å². The molecule has 3 rings (SSSR count). The predicted octanol–water partition coefficient (Wildman–Crippen LogP) is 2.88. The quantitative estimate of drug-likeness (QED) is 0.757. The maximum Gasteiger partial charge on any atom is 0.220 e. The number of nitrogens with one attached hydrogen (secondary N) is 2. The second-order valence-corrected chi connectivity index (χ2v) is 6.50. The Labute approximate surface area is 127 Å². The lowest BCUT2D eigenvalue weighted by Crippen LogP contribution is -2.27. The first-order valence-electron chi connectivity index (χ1n) is 8.37. The fourth-order valence-electron chi connectivity index (χ4n) is 3.07. The molecule has 114 valence electrons. The summed E-state index contributed by atoms with van der Waals surface area (Å²) in [6.07, 6.45) is 7.66. The molecule has 3 heteroatoms. The SMILES string of the molecule is CC(NCCCC(=O)NC1CC1)c1ccc2c(c1)CCC2. The summed E-state index contributed by atoms with van der Waals surface area (Å²) in [5, 5.41) is 6.57. The summed E-state index contributed by atoms with van der Waals surface area (Å²) in [4.78, 5) is 11.6. The van der Waals surface area contributed by atoms with Gasteiger partial charge in [-0.3, -0.25) is 4.79 Å². The molecule has 21 heavy (non-hydrogen) atoms. The van der Waals surface area contributed by atoms with Gasteiger partial charge in [-0.25, -0.2) is 0 Å². The van der Waals surface area contributed by atoms with Gasteiger partial charge in [0.15, 0.2) is 0 Å². The first kappa shape index (κ1) is 14.6. The minimum absolute atomic E-state index is 0.212. The normalized spacial score (nSPS) is 18.3. The number of benzene rings is 1. The van der Waals surface area contributed by atoms with Crippen LogP contribution in [0.1, 0.15) is 61.8 Å². The highest BCUT2D eigenvalue weighted by atomic mass is 16.1. The average Bonchev–Trinajstić information content (AvgIpc) is 3.16. The lowest BCUT2D eigenvalue weighted by atomic mass is 10.0. The van der Waals surface area contributed by atoms with Crippen LogP contribution in [0.15, 0.2) is 18.2 Å². The number of carbonyl (C=O) groups is 1. The lowest BCUT2D eigenvalue weighted by Gasteiger charge is -2.15. The summed E-state index contributed by atoms with van der Waals surface area (Å²) in [7, 11) is 0. The Morgan fingerprint density at radius 1 is 1.29 bits per heavy atom. The van der Waals surface area contributed by atoms with Crippen molar-refractivity contribution in [1.29, 1.82) is 0 Å². The smallest absolute Gasteiger partial charge is 0.220 e. The second-order valence-electron chi connectivity index (χ2n) is 6.50. The molecule has 1 aromatic carbocycles. The van der Waals surface area contributed by atoms with E-state index in [1.807, 2.05) is 0 Å². The van der Waals surface area contributed by atoms with Crippen molar-refractivity contribution in [1.82, 2.24) is 10.6 Å². The van der Waals surface area contributed by atoms with Crippen molar-refractivity contribution in [3.05, 3.63) is 34.9 Å². The van der Waals surface area contributed by atoms with Crippen molar-refractivity contribution in [3.8, 4) is 0 Å². The minimum Gasteiger partial charge on any atom is -0.353 e. The van der Waals surface area contributed by atoms with Gasteiger partial charge in [0.05, 0.1) is 0 Å². The van der Waals surface area contributed by atoms with Gasteiger partial charge in [0.25, 0.3) is 0 Å². The van der Waals surface area contributed by atoms with Gasteiger partial charge < -0.3 is 10.6 Å². The van der Waals surface area contributed by atoms with E-state index >= 15 is 0 Å². The van der Waals surface area contributed by atoms with Crippen molar-refractivity contribution in [2.75, 3.05) is 6.54 Å². The molecule has 1 saturated carbocycles. The zero-order valence-corrected chi connectivity index (χ0v) is 13.0. The summed E-state index contributed by atoms with van der Waals surface area (Å²) in [6.45, 7) is 3.11. The first-order valence-corrected chi connectivity index (χ1v) is 8.37. The Morgan fingerprint density at radius 3 is 2.90 bits per heavy atom. The van der Waals surface area contributed by atoms with Gasteiger partial charge in [0.2, 0.25) is 5.91 Å². The third kappa shape index (κ3) is 4.07. The monoisotopic (exact) mass is 286 g/mol. The zero-order valence-electron chi connectivity index (χ0n) is 13.0. The molecule has 0 radical (unpaired) electrons. The molecule has 0 bridgehead atoms. The Balaban J connectivity index is 1.39. The van der Waals surface area contributed by atoms with Gasteiger partial charge in [0, 0.05) is 18.5 Å². The van der Waals surface area contributed by atoms with E-state index in [4.69, 9.17) is 0 Å². The fraction of sp³-hybridized carbons (Fsp3) is 0.611. The van der Waals surface area contributed by atoms with E-state index < -0.39 is 0 Å². The molecule has 0 saturated heterocycles. The lowest BCUT2D eigenvalue weighted by molar-refractivity contribution is -0.121. The molecule has 2 N–H and O–H groups in total. The van der Waals surface area contributed by atoms with Crippen LogP contribution in [0.2, 0.25) is 0 Å². The van der Waals surface area contributed by atoms with Crippen LogP contribution in [-0.4, -0.2) is 18.5 Å². The maximum atomic E-state index is 11.6. The molecular formula is C18H26N2O. The molecule has 1 aromatic rings. The van der Waals surface area contributed by atoms with Crippen LogP contribution in [0, 0.1) is 0 Å². The Bertz CT molecular complexity index is 508. The summed E-state index contributed by atoms with van der Waals surface area (Å²) in [5.74, 6) is 0.212. The predicted molar refractivity (Wildman–Crippen MR) is 85.3 cm³/mol. The fourth-order valence-corrected chi connectivity index (χ4v) is 3.07. The zero-order chi connectivity index (χ0) is 14.7. The molecule has 1 amide bonds. The standard InChI is InChI=1S/C18H26N2O/c1-13(15-8-7-14-4-2-5-16(14)12-15)19-11-3-6-18(21)20-17-9-10-17/h7-8,12-13,17,19H,2-6,9-11H2,1H3,(H,20,21). The van der Waals surface area contributed by atoms with E-state index in [0.29, 0.717) is 18.5 Å². The third-order valence-electron chi connectivity index (χ3n) is 4.60. The van der Waals surface area contributed by atoms with Gasteiger partial charge in [0.1, 0.15) is 0 Å². The molecule has 0 heterocycles.